The molecule has 4 aliphatic carbocycles. The lowest BCUT2D eigenvalue weighted by molar-refractivity contribution is -0.154. The van der Waals surface area contributed by atoms with E-state index in [1.54, 1.807) is 0 Å². The van der Waals surface area contributed by atoms with Gasteiger partial charge in [0.1, 0.15) is 17.2 Å². The van der Waals surface area contributed by atoms with Gasteiger partial charge in [0.25, 0.3) is 0 Å². The molecule has 4 fully saturated rings. The van der Waals surface area contributed by atoms with Crippen molar-refractivity contribution in [2.24, 2.45) is 22.7 Å². The van der Waals surface area contributed by atoms with Gasteiger partial charge in [-0.2, -0.15) is 9.97 Å². The van der Waals surface area contributed by atoms with Crippen LogP contribution in [0.2, 0.25) is 0 Å². The molecule has 2 saturated carbocycles. The summed E-state index contributed by atoms with van der Waals surface area (Å²) < 4.78 is 0. The zero-order valence-corrected chi connectivity index (χ0v) is 31.5. The van der Waals surface area contributed by atoms with Gasteiger partial charge in [0, 0.05) is 75.7 Å². The van der Waals surface area contributed by atoms with Crippen molar-refractivity contribution in [3.8, 4) is 0 Å². The molecule has 0 radical (unpaired) electrons. The zero-order chi connectivity index (χ0) is 32.3. The Balaban J connectivity index is 0.00000180. The summed E-state index contributed by atoms with van der Waals surface area (Å²) in [6, 6.07) is 2.15. The number of nitrogens with zero attached hydrogens (tertiary/aromatic N) is 6. The van der Waals surface area contributed by atoms with Crippen LogP contribution in [0.5, 0.6) is 0 Å². The number of halogens is 2. The molecule has 0 spiro atoms. The van der Waals surface area contributed by atoms with Crippen molar-refractivity contribution in [3.05, 3.63) is 29.4 Å². The number of carbonyl (C=O) groups excluding carboxylic acids is 2. The molecule has 5 atom stereocenters. The highest BCUT2D eigenvalue weighted by Crippen LogP contribution is 2.65. The summed E-state index contributed by atoms with van der Waals surface area (Å²) in [4.78, 5) is 45.5. The third kappa shape index (κ3) is 6.65. The Morgan fingerprint density at radius 2 is 1.57 bits per heavy atom. The van der Waals surface area contributed by atoms with Crippen LogP contribution < -0.4 is 14.7 Å². The van der Waals surface area contributed by atoms with Gasteiger partial charge in [0.2, 0.25) is 5.95 Å². The van der Waals surface area contributed by atoms with Crippen LogP contribution in [0.4, 0.5) is 17.6 Å². The summed E-state index contributed by atoms with van der Waals surface area (Å²) in [5.41, 5.74) is 1.00. The van der Waals surface area contributed by atoms with E-state index in [0.717, 1.165) is 102 Å². The molecule has 0 unspecified atom stereocenters. The lowest BCUT2D eigenvalue weighted by Crippen LogP contribution is -2.58. The maximum Gasteiger partial charge on any atom is 0.229 e. The number of rotatable bonds is 8. The van der Waals surface area contributed by atoms with Crippen LogP contribution in [0.1, 0.15) is 85.5 Å². The minimum absolute atomic E-state index is 0. The van der Waals surface area contributed by atoms with Gasteiger partial charge in [-0.1, -0.05) is 31.1 Å². The lowest BCUT2D eigenvalue weighted by Gasteiger charge is -2.54. The molecule has 2 aliphatic heterocycles. The van der Waals surface area contributed by atoms with Gasteiger partial charge in [-0.15, -0.1) is 24.8 Å². The average molecular weight is 722 g/mol. The minimum atomic E-state index is -1.30. The van der Waals surface area contributed by atoms with E-state index in [4.69, 9.17) is 9.97 Å². The lowest BCUT2D eigenvalue weighted by atomic mass is 9.50. The molecule has 3 N–H and O–H groups in total. The molecule has 2 saturated heterocycles. The SMILES string of the molecule is CCN(CC)c1nc(N2CCCC2)cc(N2CCN(CC(=O)[C@@]3(O)CC[C@H]4[C@@H]5CCC6=CC(=O)CC[C@]6(C)C5=CC[C@@]43C)CC2)n1.Cl.Cl.O. The van der Waals surface area contributed by atoms with Gasteiger partial charge in [-0.3, -0.25) is 14.5 Å². The number of hydrogen-bond donors (Lipinski definition) is 1. The van der Waals surface area contributed by atoms with Gasteiger partial charge in [-0.25, -0.2) is 0 Å². The normalized spacial score (nSPS) is 32.4. The quantitative estimate of drug-likeness (QED) is 0.377. The molecule has 10 nitrogen and oxygen atoms in total. The molecule has 0 bridgehead atoms. The van der Waals surface area contributed by atoms with Crippen LogP contribution in [-0.4, -0.2) is 102 Å². The third-order valence-corrected chi connectivity index (χ3v) is 13.2. The van der Waals surface area contributed by atoms with Crippen LogP contribution in [0, 0.1) is 22.7 Å². The predicted molar refractivity (Wildman–Crippen MR) is 200 cm³/mol. The predicted octanol–water partition coefficient (Wildman–Crippen LogP) is 4.82. The molecule has 274 valence electrons. The highest BCUT2D eigenvalue weighted by atomic mass is 35.5. The number of carbonyl (C=O) groups is 2. The van der Waals surface area contributed by atoms with E-state index in [2.05, 4.69) is 59.4 Å². The van der Waals surface area contributed by atoms with E-state index in [-0.39, 0.29) is 47.3 Å². The number of fused-ring (bicyclic) bond motifs is 5. The Kier molecular flexibility index (Phi) is 12.2. The first-order chi connectivity index (χ1) is 22.1. The van der Waals surface area contributed by atoms with Crippen molar-refractivity contribution in [2.75, 3.05) is 73.6 Å². The van der Waals surface area contributed by atoms with Crippen molar-refractivity contribution in [1.82, 2.24) is 14.9 Å². The molecule has 3 heterocycles. The Labute approximate surface area is 304 Å². The highest BCUT2D eigenvalue weighted by molar-refractivity contribution is 5.92. The van der Waals surface area contributed by atoms with Crippen LogP contribution in [-0.2, 0) is 9.59 Å². The first kappa shape index (κ1) is 39.5. The largest absolute Gasteiger partial charge is 0.412 e. The average Bonchev–Trinajstić information content (AvgIpc) is 3.69. The second-order valence-electron chi connectivity index (χ2n) is 15.3. The van der Waals surface area contributed by atoms with Crippen molar-refractivity contribution < 1.29 is 20.2 Å². The topological polar surface area (TPSA) is 125 Å². The number of ketones is 2. The Hall–Kier alpha value is -2.24. The van der Waals surface area contributed by atoms with Gasteiger partial charge < -0.3 is 25.3 Å². The van der Waals surface area contributed by atoms with Gasteiger partial charge >= 0.3 is 0 Å². The highest BCUT2D eigenvalue weighted by Gasteiger charge is 2.64. The molecule has 0 amide bonds. The summed E-state index contributed by atoms with van der Waals surface area (Å²) in [5.74, 6) is 3.75. The molecule has 0 aromatic carbocycles. The summed E-state index contributed by atoms with van der Waals surface area (Å²) in [7, 11) is 0. The van der Waals surface area contributed by atoms with Crippen molar-refractivity contribution in [2.45, 2.75) is 91.1 Å². The smallest absolute Gasteiger partial charge is 0.229 e. The van der Waals surface area contributed by atoms with Gasteiger partial charge in [0.15, 0.2) is 11.6 Å². The van der Waals surface area contributed by atoms with E-state index >= 15 is 0 Å². The number of aromatic nitrogens is 2. The van der Waals surface area contributed by atoms with Crippen molar-refractivity contribution in [3.63, 3.8) is 0 Å². The molecule has 6 aliphatic rings. The zero-order valence-electron chi connectivity index (χ0n) is 29.9. The van der Waals surface area contributed by atoms with Crippen molar-refractivity contribution >= 4 is 54.0 Å². The fourth-order valence-electron chi connectivity index (χ4n) is 10.1. The number of piperazine rings is 1. The summed E-state index contributed by atoms with van der Waals surface area (Å²) >= 11 is 0. The Bertz CT molecular complexity index is 1420. The molecule has 12 heteroatoms. The first-order valence-corrected chi connectivity index (χ1v) is 18.2. The second-order valence-corrected chi connectivity index (χ2v) is 15.3. The Morgan fingerprint density at radius 1 is 0.939 bits per heavy atom. The number of anilines is 3. The van der Waals surface area contributed by atoms with E-state index in [1.165, 1.54) is 24.0 Å². The molecular formula is C37H58Cl2N6O4. The van der Waals surface area contributed by atoms with Crippen LogP contribution >= 0.6 is 24.8 Å². The summed E-state index contributed by atoms with van der Waals surface area (Å²) in [6.45, 7) is 16.1. The molecule has 1 aromatic rings. The van der Waals surface area contributed by atoms with Gasteiger partial charge in [-0.05, 0) is 83.1 Å². The fourth-order valence-corrected chi connectivity index (χ4v) is 10.1. The monoisotopic (exact) mass is 720 g/mol. The van der Waals surface area contributed by atoms with Crippen LogP contribution in [0.25, 0.3) is 0 Å². The molecule has 7 rings (SSSR count). The maximum atomic E-state index is 14.1. The van der Waals surface area contributed by atoms with Crippen molar-refractivity contribution in [1.29, 1.82) is 0 Å². The molecular weight excluding hydrogens is 663 g/mol. The van der Waals surface area contributed by atoms with Crippen LogP contribution in [0.3, 0.4) is 0 Å². The number of hydrogen-bond acceptors (Lipinski definition) is 9. The van der Waals surface area contributed by atoms with E-state index in [9.17, 15) is 14.7 Å². The summed E-state index contributed by atoms with van der Waals surface area (Å²) in [5, 5.41) is 12.3. The van der Waals surface area contributed by atoms with E-state index in [0.29, 0.717) is 31.2 Å². The first-order valence-electron chi connectivity index (χ1n) is 18.2. The minimum Gasteiger partial charge on any atom is -0.412 e. The summed E-state index contributed by atoms with van der Waals surface area (Å²) in [6.07, 6.45) is 12.4. The van der Waals surface area contributed by atoms with Crippen LogP contribution in [0.15, 0.2) is 29.4 Å². The standard InChI is InChI=1S/C37H54N6O3.2ClH.H2O/c1-5-41(6-2)34-38-32(42-17-7-8-18-42)24-33(39-34)43-21-19-40(20-22-43)25-31(45)37(46)16-13-30-28-10-9-26-23-27(44)11-14-35(26,3)29(28)12-15-36(30,37)4;;;/h12,23-24,28,30,46H,5-11,13-22,25H2,1-4H3;2*1H;1H2/t28-,30+,35+,36+,37+;;;/m1.../s1. The fraction of sp³-hybridized carbons (Fsp3) is 0.730. The molecule has 1 aromatic heterocycles. The Morgan fingerprint density at radius 3 is 2.20 bits per heavy atom. The molecule has 49 heavy (non-hydrogen) atoms. The number of Topliss-reactive ketones (excluding diaryl/α,β-unsaturated/α-hetero) is 1. The second kappa shape index (κ2) is 15.2. The number of aliphatic hydroxyl groups is 1. The maximum absolute atomic E-state index is 14.1. The van der Waals surface area contributed by atoms with Gasteiger partial charge in [0.05, 0.1) is 6.54 Å². The number of allylic oxidation sites excluding steroid dienone is 4. The van der Waals surface area contributed by atoms with E-state index < -0.39 is 11.0 Å². The van der Waals surface area contributed by atoms with E-state index in [1.807, 2.05) is 6.08 Å². The third-order valence-electron chi connectivity index (χ3n) is 13.2.